The number of aromatic nitrogens is 2. The van der Waals surface area contributed by atoms with Gasteiger partial charge in [-0.25, -0.2) is 0 Å². The van der Waals surface area contributed by atoms with E-state index in [1.807, 2.05) is 11.3 Å². The number of thiophene rings is 1. The summed E-state index contributed by atoms with van der Waals surface area (Å²) in [5.41, 5.74) is 8.25. The number of allylic oxidation sites excluding steroid dienone is 4. The molecular weight excluding hydrogens is 591 g/mol. The molecule has 0 bridgehead atoms. The van der Waals surface area contributed by atoms with Gasteiger partial charge in [0.1, 0.15) is 0 Å². The van der Waals surface area contributed by atoms with E-state index in [0.29, 0.717) is 0 Å². The topological polar surface area (TPSA) is 33.6 Å². The molecule has 220 valence electrons. The molecule has 0 aliphatic heterocycles. The third-order valence-corrected chi connectivity index (χ3v) is 11.1. The SMILES string of the molecule is N#C[C@H]1C=CC=C(c2ccc3sc4c(ccc5c6ccccc6n(-c6ccccc6)c54)c3c2)C1n1c2ccccc2c2ccccc21. The Hall–Kier alpha value is -5.89. The molecule has 4 heteroatoms. The standard InChI is InChI=1S/C43H27N3S/c44-26-28-11-10-17-30(41(28)46-38-19-8-4-14-31(38)32-15-5-9-20-39(32)46)27-21-24-40-36(25-27)35-23-22-34-33-16-6-7-18-37(33)45(42(34)43(35)47-40)29-12-2-1-3-13-29/h1-25,28,41H/t28-,41?/m1/s1. The second-order valence-corrected chi connectivity index (χ2v) is 13.4. The van der Waals surface area contributed by atoms with Crippen molar-refractivity contribution in [1.29, 1.82) is 5.26 Å². The maximum atomic E-state index is 10.5. The fourth-order valence-corrected chi connectivity index (χ4v) is 9.14. The number of nitrogens with zero attached hydrogens (tertiary/aromatic N) is 3. The molecule has 0 fully saturated rings. The molecule has 0 N–H and O–H groups in total. The number of nitriles is 1. The zero-order chi connectivity index (χ0) is 31.1. The molecule has 3 nitrogen and oxygen atoms in total. The molecule has 3 aromatic heterocycles. The first kappa shape index (κ1) is 26.3. The summed E-state index contributed by atoms with van der Waals surface area (Å²) in [7, 11) is 0. The van der Waals surface area contributed by atoms with Crippen LogP contribution in [0, 0.1) is 17.2 Å². The van der Waals surface area contributed by atoms with Crippen molar-refractivity contribution in [2.24, 2.45) is 5.92 Å². The van der Waals surface area contributed by atoms with Crippen LogP contribution in [0.15, 0.2) is 152 Å². The van der Waals surface area contributed by atoms with Crippen LogP contribution in [0.2, 0.25) is 0 Å². The van der Waals surface area contributed by atoms with Gasteiger partial charge < -0.3 is 9.13 Å². The van der Waals surface area contributed by atoms with E-state index in [4.69, 9.17) is 0 Å². The molecule has 9 aromatic rings. The summed E-state index contributed by atoms with van der Waals surface area (Å²) >= 11 is 1.87. The van der Waals surface area contributed by atoms with Gasteiger partial charge >= 0.3 is 0 Å². The Kier molecular flexibility index (Phi) is 5.64. The van der Waals surface area contributed by atoms with Crippen LogP contribution in [0.3, 0.4) is 0 Å². The lowest BCUT2D eigenvalue weighted by Gasteiger charge is -2.29. The molecule has 0 saturated carbocycles. The number of hydrogen-bond donors (Lipinski definition) is 0. The van der Waals surface area contributed by atoms with E-state index < -0.39 is 0 Å². The third-order valence-electron chi connectivity index (χ3n) is 9.92. The maximum Gasteiger partial charge on any atom is 0.0895 e. The van der Waals surface area contributed by atoms with Gasteiger partial charge in [-0.1, -0.05) is 109 Å². The van der Waals surface area contributed by atoms with E-state index in [2.05, 4.69) is 167 Å². The van der Waals surface area contributed by atoms with E-state index in [0.717, 1.165) is 22.2 Å². The van der Waals surface area contributed by atoms with Gasteiger partial charge in [-0.15, -0.1) is 11.3 Å². The summed E-state index contributed by atoms with van der Waals surface area (Å²) in [6, 6.07) is 50.5. The molecule has 1 aliphatic rings. The zero-order valence-corrected chi connectivity index (χ0v) is 26.2. The molecule has 10 rings (SSSR count). The highest BCUT2D eigenvalue weighted by Gasteiger charge is 2.31. The van der Waals surface area contributed by atoms with Gasteiger partial charge in [-0.2, -0.15) is 5.26 Å². The van der Waals surface area contributed by atoms with Crippen molar-refractivity contribution in [3.63, 3.8) is 0 Å². The fourth-order valence-electron chi connectivity index (χ4n) is 7.92. The van der Waals surface area contributed by atoms with Gasteiger partial charge in [0, 0.05) is 53.7 Å². The van der Waals surface area contributed by atoms with Crippen LogP contribution in [0.25, 0.3) is 75.0 Å². The van der Waals surface area contributed by atoms with Crippen molar-refractivity contribution in [3.05, 3.63) is 157 Å². The average Bonchev–Trinajstić information content (AvgIpc) is 3.79. The van der Waals surface area contributed by atoms with E-state index >= 15 is 0 Å². The largest absolute Gasteiger partial charge is 0.331 e. The second kappa shape index (κ2) is 10.1. The lowest BCUT2D eigenvalue weighted by molar-refractivity contribution is 0.576. The number of para-hydroxylation sites is 4. The summed E-state index contributed by atoms with van der Waals surface area (Å²) in [4.78, 5) is 0. The van der Waals surface area contributed by atoms with Gasteiger partial charge in [0.2, 0.25) is 0 Å². The highest BCUT2D eigenvalue weighted by Crippen LogP contribution is 2.46. The minimum Gasteiger partial charge on any atom is -0.331 e. The molecule has 1 unspecified atom stereocenters. The highest BCUT2D eigenvalue weighted by atomic mass is 32.1. The smallest absolute Gasteiger partial charge is 0.0895 e. The number of benzene rings is 6. The number of hydrogen-bond acceptors (Lipinski definition) is 2. The second-order valence-electron chi connectivity index (χ2n) is 12.4. The third kappa shape index (κ3) is 3.72. The van der Waals surface area contributed by atoms with Gasteiger partial charge in [-0.3, -0.25) is 0 Å². The predicted octanol–water partition coefficient (Wildman–Crippen LogP) is 11.6. The molecule has 0 amide bonds. The Morgan fingerprint density at radius 2 is 1.23 bits per heavy atom. The van der Waals surface area contributed by atoms with E-state index in [9.17, 15) is 5.26 Å². The highest BCUT2D eigenvalue weighted by molar-refractivity contribution is 7.26. The molecule has 2 atom stereocenters. The summed E-state index contributed by atoms with van der Waals surface area (Å²) in [6.45, 7) is 0. The van der Waals surface area contributed by atoms with E-state index in [-0.39, 0.29) is 12.0 Å². The molecule has 1 aliphatic carbocycles. The molecule has 0 saturated heterocycles. The van der Waals surface area contributed by atoms with Crippen LogP contribution >= 0.6 is 11.3 Å². The molecule has 0 spiro atoms. The predicted molar refractivity (Wildman–Crippen MR) is 198 cm³/mol. The van der Waals surface area contributed by atoms with Crippen molar-refractivity contribution in [1.82, 2.24) is 9.13 Å². The molecular formula is C43H27N3S. The molecule has 47 heavy (non-hydrogen) atoms. The van der Waals surface area contributed by atoms with Gasteiger partial charge in [-0.05, 0) is 53.6 Å². The van der Waals surface area contributed by atoms with Gasteiger partial charge in [0.25, 0.3) is 0 Å². The van der Waals surface area contributed by atoms with Gasteiger partial charge in [0.05, 0.1) is 33.8 Å². The Morgan fingerprint density at radius 1 is 0.596 bits per heavy atom. The van der Waals surface area contributed by atoms with Crippen LogP contribution in [-0.4, -0.2) is 9.13 Å². The van der Waals surface area contributed by atoms with Crippen molar-refractivity contribution in [2.45, 2.75) is 6.04 Å². The first-order valence-corrected chi connectivity index (χ1v) is 16.8. The quantitative estimate of drug-likeness (QED) is 0.194. The van der Waals surface area contributed by atoms with Crippen molar-refractivity contribution >= 4 is 80.7 Å². The normalized spacial score (nSPS) is 16.5. The summed E-state index contributed by atoms with van der Waals surface area (Å²) in [6.07, 6.45) is 6.32. The molecule has 6 aromatic carbocycles. The Morgan fingerprint density at radius 3 is 1.96 bits per heavy atom. The Bertz CT molecular complexity index is 2770. The first-order valence-electron chi connectivity index (χ1n) is 16.0. The Balaban J connectivity index is 1.22. The van der Waals surface area contributed by atoms with Crippen LogP contribution in [0.5, 0.6) is 0 Å². The summed E-state index contributed by atoms with van der Waals surface area (Å²) in [5.74, 6) is -0.301. The number of fused-ring (bicyclic) bond motifs is 10. The summed E-state index contributed by atoms with van der Waals surface area (Å²) in [5, 5.41) is 18.0. The number of rotatable bonds is 3. The monoisotopic (exact) mass is 617 g/mol. The van der Waals surface area contributed by atoms with Crippen molar-refractivity contribution in [2.75, 3.05) is 0 Å². The Labute approximate surface area is 275 Å². The van der Waals surface area contributed by atoms with Crippen molar-refractivity contribution < 1.29 is 0 Å². The zero-order valence-electron chi connectivity index (χ0n) is 25.3. The lowest BCUT2D eigenvalue weighted by Crippen LogP contribution is -2.20. The molecule has 3 heterocycles. The van der Waals surface area contributed by atoms with Crippen LogP contribution in [-0.2, 0) is 0 Å². The van der Waals surface area contributed by atoms with Crippen LogP contribution < -0.4 is 0 Å². The molecule has 0 radical (unpaired) electrons. The van der Waals surface area contributed by atoms with Crippen LogP contribution in [0.1, 0.15) is 11.6 Å². The first-order chi connectivity index (χ1) is 23.3. The van der Waals surface area contributed by atoms with E-state index in [1.54, 1.807) is 0 Å². The minimum atomic E-state index is -0.301. The van der Waals surface area contributed by atoms with Gasteiger partial charge in [0.15, 0.2) is 0 Å². The maximum absolute atomic E-state index is 10.5. The lowest BCUT2D eigenvalue weighted by atomic mass is 9.84. The minimum absolute atomic E-state index is 0.163. The fraction of sp³-hybridized carbons (Fsp3) is 0.0465. The summed E-state index contributed by atoms with van der Waals surface area (Å²) < 4.78 is 7.37. The van der Waals surface area contributed by atoms with E-state index in [1.165, 1.54) is 58.4 Å². The average molecular weight is 618 g/mol. The van der Waals surface area contributed by atoms with Crippen molar-refractivity contribution in [3.8, 4) is 11.8 Å². The van der Waals surface area contributed by atoms with Crippen LogP contribution in [0.4, 0.5) is 0 Å².